The molecule has 0 aromatic heterocycles. The maximum Gasteiger partial charge on any atom is 0.407 e. The first-order chi connectivity index (χ1) is 18.9. The first kappa shape index (κ1) is 32.9. The fourth-order valence-corrected chi connectivity index (χ4v) is 2.78. The van der Waals surface area contributed by atoms with Crippen molar-refractivity contribution < 1.29 is 42.7 Å². The Morgan fingerprint density at radius 3 is 1.69 bits per heavy atom. The molecule has 1 aromatic rings. The molecule has 1 aromatic carbocycles. The van der Waals surface area contributed by atoms with Gasteiger partial charge in [0.05, 0.1) is 45.7 Å². The molecule has 0 saturated heterocycles. The molecular formula is C28H36N2O9. The number of hydrogen-bond donors (Lipinski definition) is 2. The zero-order valence-electron chi connectivity index (χ0n) is 22.4. The number of carbonyl (C=O) groups is 2. The molecule has 0 aliphatic rings. The number of nitrogens with one attached hydrogen (secondary N) is 2. The Morgan fingerprint density at radius 1 is 0.744 bits per heavy atom. The SMILES string of the molecule is C#CCOc1cc(C(=O)NCCOCCOCCOCCNC(=O)OC(C)C)cc(OCC#C)c1OCC#C. The molecule has 0 spiro atoms. The summed E-state index contributed by atoms with van der Waals surface area (Å²) in [6.07, 6.45) is 15.2. The van der Waals surface area contributed by atoms with Crippen LogP contribution in [0.1, 0.15) is 24.2 Å². The van der Waals surface area contributed by atoms with E-state index in [2.05, 4.69) is 28.4 Å². The Balaban J connectivity index is 2.34. The Labute approximate surface area is 230 Å². The number of terminal acetylenes is 3. The molecule has 1 rings (SSSR count). The van der Waals surface area contributed by atoms with Gasteiger partial charge in [-0.05, 0) is 26.0 Å². The van der Waals surface area contributed by atoms with Gasteiger partial charge < -0.3 is 43.8 Å². The van der Waals surface area contributed by atoms with Gasteiger partial charge in [-0.1, -0.05) is 17.8 Å². The van der Waals surface area contributed by atoms with Crippen molar-refractivity contribution in [3.63, 3.8) is 0 Å². The van der Waals surface area contributed by atoms with Crippen LogP contribution in [0.2, 0.25) is 0 Å². The number of ether oxygens (including phenoxy) is 7. The molecule has 39 heavy (non-hydrogen) atoms. The van der Waals surface area contributed by atoms with E-state index in [1.54, 1.807) is 13.8 Å². The van der Waals surface area contributed by atoms with E-state index in [0.29, 0.717) is 39.6 Å². The smallest absolute Gasteiger partial charge is 0.407 e. The highest BCUT2D eigenvalue weighted by atomic mass is 16.6. The van der Waals surface area contributed by atoms with Crippen molar-refractivity contribution in [2.24, 2.45) is 0 Å². The molecule has 0 aliphatic heterocycles. The Morgan fingerprint density at radius 2 is 1.21 bits per heavy atom. The van der Waals surface area contributed by atoms with Crippen LogP contribution >= 0.6 is 0 Å². The summed E-state index contributed by atoms with van der Waals surface area (Å²) < 4.78 is 37.7. The average molecular weight is 545 g/mol. The predicted octanol–water partition coefficient (Wildman–Crippen LogP) is 1.64. The predicted molar refractivity (Wildman–Crippen MR) is 144 cm³/mol. The minimum atomic E-state index is -0.473. The third-order valence-electron chi connectivity index (χ3n) is 4.34. The van der Waals surface area contributed by atoms with Crippen LogP contribution in [0.15, 0.2) is 12.1 Å². The zero-order valence-corrected chi connectivity index (χ0v) is 22.4. The van der Waals surface area contributed by atoms with Crippen molar-refractivity contribution in [3.8, 4) is 54.3 Å². The lowest BCUT2D eigenvalue weighted by atomic mass is 10.1. The molecule has 11 heteroatoms. The number of carbonyl (C=O) groups excluding carboxylic acids is 2. The first-order valence-electron chi connectivity index (χ1n) is 12.3. The lowest BCUT2D eigenvalue weighted by molar-refractivity contribution is 0.0155. The van der Waals surface area contributed by atoms with Crippen LogP contribution in [0.3, 0.4) is 0 Å². The maximum absolute atomic E-state index is 12.7. The molecule has 2 N–H and O–H groups in total. The molecule has 0 bridgehead atoms. The minimum absolute atomic E-state index is 0.0491. The van der Waals surface area contributed by atoms with Gasteiger partial charge in [0.2, 0.25) is 5.75 Å². The van der Waals surface area contributed by atoms with Crippen molar-refractivity contribution in [2.45, 2.75) is 20.0 Å². The van der Waals surface area contributed by atoms with E-state index in [-0.39, 0.29) is 61.9 Å². The molecule has 0 aliphatic carbocycles. The molecule has 0 atom stereocenters. The highest BCUT2D eigenvalue weighted by molar-refractivity contribution is 5.95. The fraction of sp³-hybridized carbons (Fsp3) is 0.500. The van der Waals surface area contributed by atoms with E-state index in [9.17, 15) is 9.59 Å². The monoisotopic (exact) mass is 544 g/mol. The van der Waals surface area contributed by atoms with E-state index in [1.807, 2.05) is 0 Å². The Hall–Kier alpha value is -4.08. The van der Waals surface area contributed by atoms with Crippen LogP contribution in [0.5, 0.6) is 17.2 Å². The molecule has 0 heterocycles. The molecule has 2 amide bonds. The number of alkyl carbamates (subject to hydrolysis) is 1. The third kappa shape index (κ3) is 15.1. The molecule has 212 valence electrons. The van der Waals surface area contributed by atoms with Crippen molar-refractivity contribution in [1.82, 2.24) is 10.6 Å². The number of benzene rings is 1. The topological polar surface area (TPSA) is 123 Å². The minimum Gasteiger partial charge on any atom is -0.477 e. The molecule has 11 nitrogen and oxygen atoms in total. The largest absolute Gasteiger partial charge is 0.477 e. The second-order valence-corrected chi connectivity index (χ2v) is 7.75. The normalized spacial score (nSPS) is 10.1. The van der Waals surface area contributed by atoms with Gasteiger partial charge in [0.1, 0.15) is 19.8 Å². The van der Waals surface area contributed by atoms with Gasteiger partial charge in [-0.2, -0.15) is 0 Å². The highest BCUT2D eigenvalue weighted by Crippen LogP contribution is 2.39. The summed E-state index contributed by atoms with van der Waals surface area (Å²) in [5, 5.41) is 5.33. The molecule has 0 unspecified atom stereocenters. The van der Waals surface area contributed by atoms with Gasteiger partial charge in [0.15, 0.2) is 11.5 Å². The van der Waals surface area contributed by atoms with E-state index >= 15 is 0 Å². The van der Waals surface area contributed by atoms with Crippen molar-refractivity contribution in [2.75, 3.05) is 72.6 Å². The second-order valence-electron chi connectivity index (χ2n) is 7.75. The summed E-state index contributed by atoms with van der Waals surface area (Å²) >= 11 is 0. The van der Waals surface area contributed by atoms with Gasteiger partial charge in [-0.3, -0.25) is 4.79 Å². The summed E-state index contributed by atoms with van der Waals surface area (Å²) in [6, 6.07) is 2.96. The van der Waals surface area contributed by atoms with Gasteiger partial charge in [0.25, 0.3) is 5.91 Å². The summed E-state index contributed by atoms with van der Waals surface area (Å²) in [4.78, 5) is 24.0. The van der Waals surface area contributed by atoms with E-state index in [1.165, 1.54) is 12.1 Å². The number of rotatable bonds is 20. The third-order valence-corrected chi connectivity index (χ3v) is 4.34. The highest BCUT2D eigenvalue weighted by Gasteiger charge is 2.18. The Bertz CT molecular complexity index is 967. The second kappa shape index (κ2) is 20.9. The lowest BCUT2D eigenvalue weighted by Crippen LogP contribution is -2.30. The molecule has 0 fully saturated rings. The van der Waals surface area contributed by atoms with Gasteiger partial charge >= 0.3 is 6.09 Å². The molecular weight excluding hydrogens is 508 g/mol. The standard InChI is InChI=1S/C28H36N2O9/c1-6-11-36-24-20-23(21-25(37-12-7-2)26(24)38-13-8-3)27(31)29-9-14-33-16-18-35-19-17-34-15-10-30-28(32)39-22(4)5/h1-3,20-22H,9-19H2,4-5H3,(H,29,31)(H,30,32). The molecule has 0 radical (unpaired) electrons. The summed E-state index contributed by atoms with van der Waals surface area (Å²) in [5.74, 6) is 7.27. The van der Waals surface area contributed by atoms with Gasteiger partial charge in [-0.15, -0.1) is 19.3 Å². The van der Waals surface area contributed by atoms with Gasteiger partial charge in [0, 0.05) is 18.7 Å². The van der Waals surface area contributed by atoms with Crippen molar-refractivity contribution >= 4 is 12.0 Å². The van der Waals surface area contributed by atoms with E-state index in [0.717, 1.165) is 0 Å². The summed E-state index contributed by atoms with van der Waals surface area (Å²) in [5.41, 5.74) is 0.248. The van der Waals surface area contributed by atoms with Crippen LogP contribution in [0, 0.1) is 37.0 Å². The lowest BCUT2D eigenvalue weighted by Gasteiger charge is -2.16. The Kier molecular flexibility index (Phi) is 17.7. The van der Waals surface area contributed by atoms with Crippen LogP contribution in [-0.2, 0) is 18.9 Å². The summed E-state index contributed by atoms with van der Waals surface area (Å²) in [6.45, 7) is 6.08. The van der Waals surface area contributed by atoms with E-state index < -0.39 is 12.0 Å². The van der Waals surface area contributed by atoms with Crippen molar-refractivity contribution in [1.29, 1.82) is 0 Å². The van der Waals surface area contributed by atoms with E-state index in [4.69, 9.17) is 52.4 Å². The molecule has 0 saturated carbocycles. The zero-order chi connectivity index (χ0) is 28.7. The summed E-state index contributed by atoms with van der Waals surface area (Å²) in [7, 11) is 0. The number of hydrogen-bond acceptors (Lipinski definition) is 9. The van der Waals surface area contributed by atoms with Crippen LogP contribution in [0.4, 0.5) is 4.79 Å². The van der Waals surface area contributed by atoms with Crippen LogP contribution in [-0.4, -0.2) is 90.7 Å². The van der Waals surface area contributed by atoms with Gasteiger partial charge in [-0.25, -0.2) is 4.79 Å². The van der Waals surface area contributed by atoms with Crippen LogP contribution < -0.4 is 24.8 Å². The number of amides is 2. The fourth-order valence-electron chi connectivity index (χ4n) is 2.78. The first-order valence-corrected chi connectivity index (χ1v) is 12.3. The average Bonchev–Trinajstić information content (AvgIpc) is 2.91. The van der Waals surface area contributed by atoms with Crippen LogP contribution in [0.25, 0.3) is 0 Å². The van der Waals surface area contributed by atoms with Crippen molar-refractivity contribution in [3.05, 3.63) is 17.7 Å². The maximum atomic E-state index is 12.7. The quantitative estimate of drug-likeness (QED) is 0.186.